The van der Waals surface area contributed by atoms with Crippen LogP contribution in [0.4, 0.5) is 13.2 Å². The van der Waals surface area contributed by atoms with E-state index in [1.807, 2.05) is 0 Å². The summed E-state index contributed by atoms with van der Waals surface area (Å²) in [5.74, 6) is 0. The molecule has 2 unspecified atom stereocenters. The first-order valence-corrected chi connectivity index (χ1v) is 5.12. The van der Waals surface area contributed by atoms with Gasteiger partial charge in [0.15, 0.2) is 0 Å². The lowest BCUT2D eigenvalue weighted by atomic mass is 10.1. The molecule has 2 nitrogen and oxygen atoms in total. The van der Waals surface area contributed by atoms with Crippen LogP contribution in [-0.4, -0.2) is 42.8 Å². The first-order valence-electron chi connectivity index (χ1n) is 5.12. The van der Waals surface area contributed by atoms with E-state index in [1.165, 1.54) is 0 Å². The molecule has 2 atom stereocenters. The SMILES string of the molecule is FC(F)(F)C1CNCCC2CCCN21. The van der Waals surface area contributed by atoms with E-state index < -0.39 is 12.2 Å². The number of hydrogen-bond donors (Lipinski definition) is 1. The monoisotopic (exact) mass is 208 g/mol. The predicted molar refractivity (Wildman–Crippen MR) is 47.1 cm³/mol. The van der Waals surface area contributed by atoms with Gasteiger partial charge in [-0.15, -0.1) is 0 Å². The molecule has 0 radical (unpaired) electrons. The van der Waals surface area contributed by atoms with Crippen molar-refractivity contribution in [3.63, 3.8) is 0 Å². The van der Waals surface area contributed by atoms with Gasteiger partial charge < -0.3 is 5.32 Å². The number of rotatable bonds is 0. The zero-order chi connectivity index (χ0) is 10.2. The highest BCUT2D eigenvalue weighted by Crippen LogP contribution is 2.32. The van der Waals surface area contributed by atoms with Crippen molar-refractivity contribution in [2.75, 3.05) is 19.6 Å². The Morgan fingerprint density at radius 3 is 2.71 bits per heavy atom. The Morgan fingerprint density at radius 2 is 2.00 bits per heavy atom. The minimum absolute atomic E-state index is 0.0556. The highest BCUT2D eigenvalue weighted by atomic mass is 19.4. The standard InChI is InChI=1S/C9H15F3N2/c10-9(11,12)8-6-13-4-3-7-2-1-5-14(7)8/h7-8,13H,1-6H2. The average Bonchev–Trinajstić information content (AvgIpc) is 2.42. The average molecular weight is 208 g/mol. The van der Waals surface area contributed by atoms with Gasteiger partial charge in [0.1, 0.15) is 6.04 Å². The highest BCUT2D eigenvalue weighted by molar-refractivity contribution is 4.92. The van der Waals surface area contributed by atoms with Crippen LogP contribution in [0.2, 0.25) is 0 Å². The van der Waals surface area contributed by atoms with Gasteiger partial charge in [-0.2, -0.15) is 13.2 Å². The van der Waals surface area contributed by atoms with Gasteiger partial charge in [-0.25, -0.2) is 0 Å². The molecule has 2 fully saturated rings. The molecule has 2 saturated heterocycles. The minimum atomic E-state index is -4.08. The Kier molecular flexibility index (Phi) is 2.70. The maximum Gasteiger partial charge on any atom is 0.405 e. The number of hydrogen-bond acceptors (Lipinski definition) is 2. The summed E-state index contributed by atoms with van der Waals surface area (Å²) >= 11 is 0. The molecule has 2 aliphatic rings. The lowest BCUT2D eigenvalue weighted by molar-refractivity contribution is -0.182. The molecule has 0 saturated carbocycles. The largest absolute Gasteiger partial charge is 0.405 e. The third kappa shape index (κ3) is 1.88. The van der Waals surface area contributed by atoms with Crippen LogP contribution in [0.1, 0.15) is 19.3 Å². The molecule has 2 aliphatic heterocycles. The second-order valence-corrected chi connectivity index (χ2v) is 4.08. The normalized spacial score (nSPS) is 35.4. The van der Waals surface area contributed by atoms with Crippen LogP contribution in [0, 0.1) is 0 Å². The minimum Gasteiger partial charge on any atom is -0.315 e. The summed E-state index contributed by atoms with van der Waals surface area (Å²) in [5.41, 5.74) is 0. The second kappa shape index (κ2) is 3.70. The summed E-state index contributed by atoms with van der Waals surface area (Å²) in [6, 6.07) is -1.12. The molecule has 2 heterocycles. The fourth-order valence-electron chi connectivity index (χ4n) is 2.51. The molecule has 0 amide bonds. The fourth-order valence-corrected chi connectivity index (χ4v) is 2.51. The van der Waals surface area contributed by atoms with Gasteiger partial charge in [-0.3, -0.25) is 4.90 Å². The van der Waals surface area contributed by atoms with E-state index in [9.17, 15) is 13.2 Å². The predicted octanol–water partition coefficient (Wildman–Crippen LogP) is 1.37. The van der Waals surface area contributed by atoms with E-state index in [-0.39, 0.29) is 12.6 Å². The Labute approximate surface area is 81.5 Å². The molecule has 5 heteroatoms. The van der Waals surface area contributed by atoms with E-state index in [2.05, 4.69) is 5.32 Å². The van der Waals surface area contributed by atoms with Gasteiger partial charge in [0.05, 0.1) is 0 Å². The van der Waals surface area contributed by atoms with Crippen molar-refractivity contribution in [2.45, 2.75) is 37.5 Å². The summed E-state index contributed by atoms with van der Waals surface area (Å²) in [6.45, 7) is 1.38. The van der Waals surface area contributed by atoms with Crippen LogP contribution >= 0.6 is 0 Å². The van der Waals surface area contributed by atoms with Crippen molar-refractivity contribution in [3.8, 4) is 0 Å². The second-order valence-electron chi connectivity index (χ2n) is 4.08. The maximum absolute atomic E-state index is 12.7. The fraction of sp³-hybridized carbons (Fsp3) is 1.00. The van der Waals surface area contributed by atoms with Crippen molar-refractivity contribution < 1.29 is 13.2 Å². The van der Waals surface area contributed by atoms with Crippen LogP contribution < -0.4 is 5.32 Å². The van der Waals surface area contributed by atoms with E-state index in [4.69, 9.17) is 0 Å². The number of nitrogens with zero attached hydrogens (tertiary/aromatic N) is 1. The van der Waals surface area contributed by atoms with E-state index in [1.54, 1.807) is 4.90 Å². The van der Waals surface area contributed by atoms with Gasteiger partial charge >= 0.3 is 6.18 Å². The molecule has 0 spiro atoms. The molecule has 82 valence electrons. The van der Waals surface area contributed by atoms with Crippen LogP contribution in [-0.2, 0) is 0 Å². The van der Waals surface area contributed by atoms with Crippen LogP contribution in [0.3, 0.4) is 0 Å². The van der Waals surface area contributed by atoms with Gasteiger partial charge in [-0.05, 0) is 32.4 Å². The third-order valence-corrected chi connectivity index (χ3v) is 3.19. The quantitative estimate of drug-likeness (QED) is 0.647. The first kappa shape index (κ1) is 10.2. The topological polar surface area (TPSA) is 15.3 Å². The molecule has 0 aromatic carbocycles. The van der Waals surface area contributed by atoms with Crippen LogP contribution in [0.5, 0.6) is 0 Å². The molecule has 0 aromatic rings. The maximum atomic E-state index is 12.7. The van der Waals surface area contributed by atoms with E-state index in [0.717, 1.165) is 19.3 Å². The van der Waals surface area contributed by atoms with E-state index in [0.29, 0.717) is 13.1 Å². The van der Waals surface area contributed by atoms with Gasteiger partial charge in [-0.1, -0.05) is 0 Å². The smallest absolute Gasteiger partial charge is 0.315 e. The highest BCUT2D eigenvalue weighted by Gasteiger charge is 2.47. The van der Waals surface area contributed by atoms with Crippen LogP contribution in [0.15, 0.2) is 0 Å². The van der Waals surface area contributed by atoms with Gasteiger partial charge in [0.2, 0.25) is 0 Å². The molecule has 0 aromatic heterocycles. The molecule has 2 rings (SSSR count). The summed E-state index contributed by atoms with van der Waals surface area (Å²) in [6.07, 6.45) is -1.39. The molecule has 14 heavy (non-hydrogen) atoms. The van der Waals surface area contributed by atoms with Crippen molar-refractivity contribution in [1.29, 1.82) is 0 Å². The Hall–Kier alpha value is -0.290. The lowest BCUT2D eigenvalue weighted by Gasteiger charge is -2.31. The van der Waals surface area contributed by atoms with Crippen molar-refractivity contribution in [2.24, 2.45) is 0 Å². The number of fused-ring (bicyclic) bond motifs is 1. The van der Waals surface area contributed by atoms with Crippen LogP contribution in [0.25, 0.3) is 0 Å². The summed E-state index contributed by atoms with van der Waals surface area (Å²) in [4.78, 5) is 1.64. The number of nitrogens with one attached hydrogen (secondary N) is 1. The molecule has 0 bridgehead atoms. The Balaban J connectivity index is 2.13. The molecular formula is C9H15F3N2. The number of alkyl halides is 3. The van der Waals surface area contributed by atoms with E-state index >= 15 is 0 Å². The Morgan fingerprint density at radius 1 is 1.21 bits per heavy atom. The summed E-state index contributed by atoms with van der Waals surface area (Å²) in [7, 11) is 0. The van der Waals surface area contributed by atoms with Crippen molar-refractivity contribution in [3.05, 3.63) is 0 Å². The molecule has 1 N–H and O–H groups in total. The Bertz CT molecular complexity index is 205. The van der Waals surface area contributed by atoms with Crippen molar-refractivity contribution >= 4 is 0 Å². The third-order valence-electron chi connectivity index (χ3n) is 3.19. The summed E-state index contributed by atoms with van der Waals surface area (Å²) < 4.78 is 38.0. The molecular weight excluding hydrogens is 193 g/mol. The summed E-state index contributed by atoms with van der Waals surface area (Å²) in [5, 5.41) is 2.87. The first-order chi connectivity index (χ1) is 6.59. The van der Waals surface area contributed by atoms with Gasteiger partial charge in [0.25, 0.3) is 0 Å². The van der Waals surface area contributed by atoms with Gasteiger partial charge in [0, 0.05) is 12.6 Å². The van der Waals surface area contributed by atoms with Crippen molar-refractivity contribution in [1.82, 2.24) is 10.2 Å². The number of halogens is 3. The molecule has 0 aliphatic carbocycles. The zero-order valence-electron chi connectivity index (χ0n) is 7.98. The lowest BCUT2D eigenvalue weighted by Crippen LogP contribution is -2.50. The zero-order valence-corrected chi connectivity index (χ0v) is 7.98.